The van der Waals surface area contributed by atoms with Crippen LogP contribution in [0.3, 0.4) is 0 Å². The second kappa shape index (κ2) is 13.1. The Balaban J connectivity index is 1.80. The van der Waals surface area contributed by atoms with Crippen molar-refractivity contribution in [3.8, 4) is 0 Å². The molecule has 3 amide bonds. The fraction of sp³-hybridized carbons (Fsp3) is 0.630. The van der Waals surface area contributed by atoms with Gasteiger partial charge in [-0.3, -0.25) is 14.6 Å². The molecule has 0 unspecified atom stereocenters. The Morgan fingerprint density at radius 2 is 1.64 bits per heavy atom. The molecule has 1 aromatic carbocycles. The number of alkyl halides is 1. The van der Waals surface area contributed by atoms with Crippen molar-refractivity contribution in [2.24, 2.45) is 0 Å². The van der Waals surface area contributed by atoms with E-state index in [4.69, 9.17) is 18.9 Å². The molecule has 0 aliphatic carbocycles. The topological polar surface area (TPSA) is 115 Å². The van der Waals surface area contributed by atoms with E-state index in [9.17, 15) is 23.6 Å². The summed E-state index contributed by atoms with van der Waals surface area (Å²) in [6.07, 6.45) is -3.00. The lowest BCUT2D eigenvalue weighted by Gasteiger charge is -2.34. The zero-order valence-electron chi connectivity index (χ0n) is 23.1. The molecule has 12 heteroatoms. The van der Waals surface area contributed by atoms with Gasteiger partial charge < -0.3 is 23.8 Å². The first kappa shape index (κ1) is 30.1. The van der Waals surface area contributed by atoms with Gasteiger partial charge in [-0.05, 0) is 26.3 Å². The van der Waals surface area contributed by atoms with Crippen molar-refractivity contribution in [1.29, 1.82) is 0 Å². The Hall–Kier alpha value is -3.41. The molecule has 216 valence electrons. The van der Waals surface area contributed by atoms with Crippen molar-refractivity contribution in [3.05, 3.63) is 35.9 Å². The number of rotatable bonds is 8. The van der Waals surface area contributed by atoms with E-state index in [2.05, 4.69) is 0 Å². The average Bonchev–Trinajstić information content (AvgIpc) is 3.51. The van der Waals surface area contributed by atoms with Crippen LogP contribution in [-0.4, -0.2) is 109 Å². The van der Waals surface area contributed by atoms with E-state index in [1.54, 1.807) is 32.9 Å². The quantitative estimate of drug-likeness (QED) is 0.358. The van der Waals surface area contributed by atoms with E-state index in [0.29, 0.717) is 0 Å². The molecular formula is C27H38FN3O8. The summed E-state index contributed by atoms with van der Waals surface area (Å²) in [7, 11) is 2.69. The van der Waals surface area contributed by atoms with Crippen molar-refractivity contribution in [3.63, 3.8) is 0 Å². The van der Waals surface area contributed by atoms with Gasteiger partial charge in [0.2, 0.25) is 5.91 Å². The lowest BCUT2D eigenvalue weighted by molar-refractivity contribution is -0.145. The van der Waals surface area contributed by atoms with E-state index < -0.39 is 54.0 Å². The highest BCUT2D eigenvalue weighted by Gasteiger charge is 2.48. The van der Waals surface area contributed by atoms with Gasteiger partial charge in [-0.1, -0.05) is 30.3 Å². The highest BCUT2D eigenvalue weighted by molar-refractivity contribution is 5.87. The molecule has 2 aliphatic heterocycles. The molecule has 0 aromatic heterocycles. The number of amides is 3. The minimum absolute atomic E-state index is 0.00582. The average molecular weight is 552 g/mol. The summed E-state index contributed by atoms with van der Waals surface area (Å²) in [5.74, 6) is -1.15. The van der Waals surface area contributed by atoms with Crippen LogP contribution >= 0.6 is 0 Å². The zero-order valence-corrected chi connectivity index (χ0v) is 23.1. The number of esters is 1. The zero-order chi connectivity index (χ0) is 28.7. The van der Waals surface area contributed by atoms with Crippen molar-refractivity contribution in [2.45, 2.75) is 70.1 Å². The summed E-state index contributed by atoms with van der Waals surface area (Å²) < 4.78 is 35.5. The highest BCUT2D eigenvalue weighted by atomic mass is 19.1. The number of halogens is 1. The molecule has 0 radical (unpaired) electrons. The maximum Gasteiger partial charge on any atom is 0.411 e. The fourth-order valence-corrected chi connectivity index (χ4v) is 4.80. The van der Waals surface area contributed by atoms with Crippen LogP contribution in [0.25, 0.3) is 0 Å². The van der Waals surface area contributed by atoms with Crippen LogP contribution in [0.2, 0.25) is 0 Å². The van der Waals surface area contributed by atoms with Crippen LogP contribution < -0.4 is 0 Å². The van der Waals surface area contributed by atoms with E-state index in [-0.39, 0.29) is 45.7 Å². The summed E-state index contributed by atoms with van der Waals surface area (Å²) in [6, 6.07) is 6.38. The lowest BCUT2D eigenvalue weighted by atomic mass is 10.1. The Bertz CT molecular complexity index is 1020. The molecule has 1 aromatic rings. The van der Waals surface area contributed by atoms with Gasteiger partial charge in [0, 0.05) is 33.0 Å². The Morgan fingerprint density at radius 3 is 2.26 bits per heavy atom. The second-order valence-electron chi connectivity index (χ2n) is 10.6. The minimum Gasteiger partial charge on any atom is -0.467 e. The van der Waals surface area contributed by atoms with Gasteiger partial charge in [-0.15, -0.1) is 0 Å². The molecule has 0 N–H and O–H groups in total. The fourth-order valence-electron chi connectivity index (χ4n) is 4.80. The van der Waals surface area contributed by atoms with E-state index >= 15 is 0 Å². The predicted octanol–water partition coefficient (Wildman–Crippen LogP) is 2.76. The maximum atomic E-state index is 14.5. The van der Waals surface area contributed by atoms with Crippen molar-refractivity contribution >= 4 is 24.1 Å². The molecule has 0 saturated carbocycles. The molecule has 39 heavy (non-hydrogen) atoms. The Labute approximate surface area is 228 Å². The first-order valence-corrected chi connectivity index (χ1v) is 12.9. The largest absolute Gasteiger partial charge is 0.467 e. The number of ether oxygens (including phenoxy) is 4. The summed E-state index contributed by atoms with van der Waals surface area (Å²) >= 11 is 0. The normalized spacial score (nSPS) is 22.9. The van der Waals surface area contributed by atoms with Crippen molar-refractivity contribution in [1.82, 2.24) is 14.7 Å². The molecular weight excluding hydrogens is 513 g/mol. The van der Waals surface area contributed by atoms with Gasteiger partial charge in [-0.25, -0.2) is 18.8 Å². The SMILES string of the molecule is COCCN(C(=O)[C@@H]1C[C@H](F)CN1C(=O)OC(C)(C)C)[C@@H]1C[C@H](C(=O)OC)N(C(=O)OCc2ccccc2)C1. The highest BCUT2D eigenvalue weighted by Crippen LogP contribution is 2.29. The van der Waals surface area contributed by atoms with Crippen LogP contribution in [-0.2, 0) is 35.1 Å². The van der Waals surface area contributed by atoms with Crippen LogP contribution in [0.5, 0.6) is 0 Å². The van der Waals surface area contributed by atoms with E-state index in [1.165, 1.54) is 24.0 Å². The van der Waals surface area contributed by atoms with Crippen LogP contribution in [0.4, 0.5) is 14.0 Å². The monoisotopic (exact) mass is 551 g/mol. The molecule has 2 saturated heterocycles. The van der Waals surface area contributed by atoms with Gasteiger partial charge in [-0.2, -0.15) is 0 Å². The number of carbonyl (C=O) groups excluding carboxylic acids is 4. The van der Waals surface area contributed by atoms with Gasteiger partial charge in [0.1, 0.15) is 30.5 Å². The summed E-state index contributed by atoms with van der Waals surface area (Å²) in [6.45, 7) is 5.05. The number of carbonyl (C=O) groups is 4. The number of hydrogen-bond acceptors (Lipinski definition) is 8. The lowest BCUT2D eigenvalue weighted by Crippen LogP contribution is -2.53. The van der Waals surface area contributed by atoms with Gasteiger partial charge in [0.15, 0.2) is 0 Å². The molecule has 2 fully saturated rings. The molecule has 0 bridgehead atoms. The third kappa shape index (κ3) is 7.81. The maximum absolute atomic E-state index is 14.5. The number of benzene rings is 1. The number of methoxy groups -OCH3 is 2. The number of nitrogens with zero attached hydrogens (tertiary/aromatic N) is 3. The summed E-state index contributed by atoms with van der Waals surface area (Å²) in [5.41, 5.74) is -0.0495. The van der Waals surface area contributed by atoms with Crippen molar-refractivity contribution in [2.75, 3.05) is 40.5 Å². The minimum atomic E-state index is -1.40. The van der Waals surface area contributed by atoms with Gasteiger partial charge in [0.05, 0.1) is 26.3 Å². The smallest absolute Gasteiger partial charge is 0.411 e. The molecule has 2 heterocycles. The van der Waals surface area contributed by atoms with Crippen LogP contribution in [0, 0.1) is 0 Å². The Kier molecular flexibility index (Phi) is 10.1. The second-order valence-corrected chi connectivity index (χ2v) is 10.6. The molecule has 11 nitrogen and oxygen atoms in total. The first-order chi connectivity index (χ1) is 18.4. The number of hydrogen-bond donors (Lipinski definition) is 0. The van der Waals surface area contributed by atoms with Gasteiger partial charge in [0.25, 0.3) is 0 Å². The van der Waals surface area contributed by atoms with E-state index in [0.717, 1.165) is 10.5 Å². The Morgan fingerprint density at radius 1 is 0.974 bits per heavy atom. The predicted molar refractivity (Wildman–Crippen MR) is 137 cm³/mol. The molecule has 4 atom stereocenters. The summed E-state index contributed by atoms with van der Waals surface area (Å²) in [5, 5.41) is 0. The first-order valence-electron chi connectivity index (χ1n) is 12.9. The standard InChI is InChI=1S/C27H38FN3O8/c1-27(2,3)39-26(35)30-15-19(28)13-21(30)23(32)29(11-12-36-4)20-14-22(24(33)37-5)31(16-20)25(34)38-17-18-9-7-6-8-10-18/h6-10,19-22H,11-17H2,1-5H3/t19-,20+,21-,22+/m0/s1. The van der Waals surface area contributed by atoms with Crippen molar-refractivity contribution < 1.29 is 42.5 Å². The number of likely N-dealkylation sites (tertiary alicyclic amines) is 2. The molecule has 2 aliphatic rings. The summed E-state index contributed by atoms with van der Waals surface area (Å²) in [4.78, 5) is 56.0. The van der Waals surface area contributed by atoms with E-state index in [1.807, 2.05) is 18.2 Å². The van der Waals surface area contributed by atoms with Gasteiger partial charge >= 0.3 is 18.2 Å². The molecule has 0 spiro atoms. The molecule has 3 rings (SSSR count). The third-order valence-electron chi connectivity index (χ3n) is 6.62. The third-order valence-corrected chi connectivity index (χ3v) is 6.62. The van der Waals surface area contributed by atoms with Crippen LogP contribution in [0.1, 0.15) is 39.2 Å². The van der Waals surface area contributed by atoms with Crippen LogP contribution in [0.15, 0.2) is 30.3 Å².